The van der Waals surface area contributed by atoms with Crippen molar-refractivity contribution in [2.45, 2.75) is 12.5 Å². The Labute approximate surface area is 211 Å². The summed E-state index contributed by atoms with van der Waals surface area (Å²) < 4.78 is 29.5. The lowest BCUT2D eigenvalue weighted by Crippen LogP contribution is -2.42. The number of hydrogen-bond donors (Lipinski definition) is 1. The number of nitrogens with two attached hydrogens (primary N) is 1. The van der Waals surface area contributed by atoms with E-state index in [2.05, 4.69) is 0 Å². The minimum atomic E-state index is -0.570. The van der Waals surface area contributed by atoms with E-state index >= 15 is 4.39 Å². The molecule has 3 aliphatic heterocycles. The highest BCUT2D eigenvalue weighted by Gasteiger charge is 2.34. The number of fused-ring (bicyclic) bond motifs is 4. The third-order valence-electron chi connectivity index (χ3n) is 7.56. The summed E-state index contributed by atoms with van der Waals surface area (Å²) >= 11 is 0. The van der Waals surface area contributed by atoms with Gasteiger partial charge in [0.2, 0.25) is 5.43 Å². The Morgan fingerprint density at radius 2 is 1.84 bits per heavy atom. The molecule has 3 aliphatic rings. The van der Waals surface area contributed by atoms with Crippen LogP contribution in [0, 0.1) is 5.82 Å². The van der Waals surface area contributed by atoms with E-state index in [-0.39, 0.29) is 28.6 Å². The van der Waals surface area contributed by atoms with Gasteiger partial charge in [0, 0.05) is 43.8 Å². The number of halogens is 1. The average Bonchev–Trinajstić information content (AvgIpc) is 3.35. The van der Waals surface area contributed by atoms with Crippen LogP contribution in [-0.2, 0) is 4.74 Å². The maximum absolute atomic E-state index is 15.8. The van der Waals surface area contributed by atoms with Crippen LogP contribution in [0.5, 0.6) is 11.5 Å². The molecule has 2 N–H and O–H groups in total. The van der Waals surface area contributed by atoms with Gasteiger partial charge in [-0.2, -0.15) is 0 Å². The molecule has 0 bridgehead atoms. The van der Waals surface area contributed by atoms with E-state index < -0.39 is 11.2 Å². The second-order valence-electron chi connectivity index (χ2n) is 9.81. The molecule has 2 saturated heterocycles. The number of pyridine rings is 1. The lowest BCUT2D eigenvalue weighted by molar-refractivity contribution is 0.0302. The Morgan fingerprint density at radius 3 is 2.62 bits per heavy atom. The number of morpholine rings is 1. The number of aromatic nitrogens is 1. The van der Waals surface area contributed by atoms with E-state index in [0.717, 1.165) is 17.2 Å². The maximum Gasteiger partial charge on any atom is 0.259 e. The molecule has 2 fully saturated rings. The highest BCUT2D eigenvalue weighted by Crippen LogP contribution is 2.49. The van der Waals surface area contributed by atoms with E-state index in [1.54, 1.807) is 11.1 Å². The van der Waals surface area contributed by atoms with Gasteiger partial charge in [-0.3, -0.25) is 9.59 Å². The van der Waals surface area contributed by atoms with Crippen LogP contribution in [0.3, 0.4) is 0 Å². The van der Waals surface area contributed by atoms with Gasteiger partial charge in [-0.1, -0.05) is 30.3 Å². The molecule has 0 aliphatic carbocycles. The van der Waals surface area contributed by atoms with Crippen LogP contribution in [0.15, 0.2) is 53.5 Å². The molecule has 4 aromatic rings. The molecule has 37 heavy (non-hydrogen) atoms. The van der Waals surface area contributed by atoms with Crippen LogP contribution in [0.4, 0.5) is 10.1 Å². The zero-order valence-electron chi connectivity index (χ0n) is 20.1. The average molecular weight is 501 g/mol. The molecule has 0 radical (unpaired) electrons. The zero-order chi connectivity index (χ0) is 25.3. The lowest BCUT2D eigenvalue weighted by atomic mass is 10.0. The van der Waals surface area contributed by atoms with Gasteiger partial charge in [-0.25, -0.2) is 4.39 Å². The summed E-state index contributed by atoms with van der Waals surface area (Å²) in [5, 5.41) is 1.93. The molecule has 4 heterocycles. The molecular weight excluding hydrogens is 475 g/mol. The number of amides is 1. The van der Waals surface area contributed by atoms with Crippen molar-refractivity contribution in [1.29, 1.82) is 0 Å². The van der Waals surface area contributed by atoms with Crippen LogP contribution in [-0.4, -0.2) is 60.8 Å². The summed E-state index contributed by atoms with van der Waals surface area (Å²) in [7, 11) is 0. The minimum absolute atomic E-state index is 0.00305. The third-order valence-corrected chi connectivity index (χ3v) is 7.56. The Morgan fingerprint density at radius 1 is 1.03 bits per heavy atom. The van der Waals surface area contributed by atoms with Gasteiger partial charge in [0.05, 0.1) is 24.3 Å². The number of benzene rings is 3. The maximum atomic E-state index is 15.8. The summed E-state index contributed by atoms with van der Waals surface area (Å²) in [6.45, 7) is 2.69. The topological polar surface area (TPSA) is 90.0 Å². The fraction of sp³-hybridized carbons (Fsp3) is 0.286. The van der Waals surface area contributed by atoms with E-state index in [0.29, 0.717) is 62.0 Å². The predicted molar refractivity (Wildman–Crippen MR) is 139 cm³/mol. The normalized spacial score (nSPS) is 18.8. The van der Waals surface area contributed by atoms with Crippen LogP contribution in [0.2, 0.25) is 0 Å². The van der Waals surface area contributed by atoms with Gasteiger partial charge in [0.25, 0.3) is 5.91 Å². The second-order valence-corrected chi connectivity index (χ2v) is 9.81. The smallest absolute Gasteiger partial charge is 0.259 e. The van der Waals surface area contributed by atoms with Crippen molar-refractivity contribution >= 4 is 33.3 Å². The van der Waals surface area contributed by atoms with Gasteiger partial charge < -0.3 is 29.6 Å². The number of rotatable bonds is 2. The molecule has 188 valence electrons. The quantitative estimate of drug-likeness (QED) is 0.400. The first kappa shape index (κ1) is 22.3. The summed E-state index contributed by atoms with van der Waals surface area (Å²) in [4.78, 5) is 30.6. The van der Waals surface area contributed by atoms with Crippen molar-refractivity contribution in [3.8, 4) is 17.2 Å². The van der Waals surface area contributed by atoms with E-state index in [1.165, 1.54) is 6.07 Å². The largest absolute Gasteiger partial charge is 0.450 e. The standard InChI is InChI=1S/C28H25FN4O4/c29-21-13-19-23-27(24(21)32-8-7-17(30)14-32)37-26-18-4-2-1-3-16(18)5-6-22(26)33(23)15-20(25(19)34)28(35)31-9-11-36-12-10-31/h1-6,13,15,17H,7-12,14,30H2/t17-/m1/s1. The Bertz CT molecular complexity index is 1660. The van der Waals surface area contributed by atoms with Crippen LogP contribution in [0.1, 0.15) is 16.8 Å². The Balaban J connectivity index is 1.54. The van der Waals surface area contributed by atoms with Gasteiger partial charge in [0.15, 0.2) is 17.3 Å². The summed E-state index contributed by atoms with van der Waals surface area (Å²) in [6.07, 6.45) is 2.32. The first-order chi connectivity index (χ1) is 18.0. The van der Waals surface area contributed by atoms with Crippen LogP contribution in [0.25, 0.3) is 27.4 Å². The summed E-state index contributed by atoms with van der Waals surface area (Å²) in [6, 6.07) is 12.8. The summed E-state index contributed by atoms with van der Waals surface area (Å²) in [5.41, 5.74) is 7.05. The van der Waals surface area contributed by atoms with Crippen LogP contribution >= 0.6 is 0 Å². The van der Waals surface area contributed by atoms with Crippen molar-refractivity contribution in [3.05, 3.63) is 70.3 Å². The molecular formula is C28H25FN4O4. The number of nitrogens with zero attached hydrogens (tertiary/aromatic N) is 3. The molecule has 1 atom stereocenters. The molecule has 0 unspecified atom stereocenters. The van der Waals surface area contributed by atoms with Crippen molar-refractivity contribution in [3.63, 3.8) is 0 Å². The van der Waals surface area contributed by atoms with Gasteiger partial charge in [-0.15, -0.1) is 0 Å². The molecule has 3 aromatic carbocycles. The first-order valence-electron chi connectivity index (χ1n) is 12.5. The fourth-order valence-electron chi connectivity index (χ4n) is 5.71. The molecule has 9 heteroatoms. The van der Waals surface area contributed by atoms with E-state index in [9.17, 15) is 9.59 Å². The summed E-state index contributed by atoms with van der Waals surface area (Å²) in [5.74, 6) is -0.129. The lowest BCUT2D eigenvalue weighted by Gasteiger charge is -2.30. The van der Waals surface area contributed by atoms with Crippen molar-refractivity contribution in [2.24, 2.45) is 5.73 Å². The number of anilines is 1. The third kappa shape index (κ3) is 3.34. The number of carbonyl (C=O) groups is 1. The Kier molecular flexibility index (Phi) is 4.99. The molecule has 8 nitrogen and oxygen atoms in total. The number of ether oxygens (including phenoxy) is 2. The van der Waals surface area contributed by atoms with Crippen molar-refractivity contribution in [2.75, 3.05) is 44.3 Å². The molecule has 7 rings (SSSR count). The van der Waals surface area contributed by atoms with Crippen molar-refractivity contribution in [1.82, 2.24) is 9.47 Å². The highest BCUT2D eigenvalue weighted by molar-refractivity contribution is 6.03. The fourth-order valence-corrected chi connectivity index (χ4v) is 5.71. The zero-order valence-corrected chi connectivity index (χ0v) is 20.1. The van der Waals surface area contributed by atoms with Crippen LogP contribution < -0.4 is 20.8 Å². The van der Waals surface area contributed by atoms with Gasteiger partial charge in [-0.05, 0) is 23.9 Å². The highest BCUT2D eigenvalue weighted by atomic mass is 19.1. The minimum Gasteiger partial charge on any atom is -0.450 e. The molecule has 0 saturated carbocycles. The van der Waals surface area contributed by atoms with E-state index in [4.69, 9.17) is 15.2 Å². The molecule has 0 spiro atoms. The number of hydrogen-bond acceptors (Lipinski definition) is 6. The van der Waals surface area contributed by atoms with Gasteiger partial charge >= 0.3 is 0 Å². The monoisotopic (exact) mass is 500 g/mol. The number of carbonyl (C=O) groups excluding carboxylic acids is 1. The predicted octanol–water partition coefficient (Wildman–Crippen LogP) is 3.40. The second kappa shape index (κ2) is 8.29. The van der Waals surface area contributed by atoms with Crippen molar-refractivity contribution < 1.29 is 18.7 Å². The molecule has 1 amide bonds. The Hall–Kier alpha value is -3.95. The van der Waals surface area contributed by atoms with Gasteiger partial charge in [0.1, 0.15) is 16.8 Å². The van der Waals surface area contributed by atoms with E-state index in [1.807, 2.05) is 45.9 Å². The SMILES string of the molecule is N[C@@H]1CCN(c2c(F)cc3c(=O)c(C(=O)N4CCOCC4)cn4c3c2Oc2c-4ccc3ccccc23)C1. The first-order valence-corrected chi connectivity index (χ1v) is 12.5. The molecule has 1 aromatic heterocycles.